The number of methoxy groups -OCH3 is 1. The second-order valence-corrected chi connectivity index (χ2v) is 6.36. The molecule has 7 nitrogen and oxygen atoms in total. The van der Waals surface area contributed by atoms with Crippen LogP contribution in [0.2, 0.25) is 0 Å². The molecule has 0 amide bonds. The molecule has 1 saturated carbocycles. The maximum atomic E-state index is 9.67. The van der Waals surface area contributed by atoms with Crippen molar-refractivity contribution in [3.8, 4) is 17.0 Å². The molecule has 4 rings (SSSR count). The summed E-state index contributed by atoms with van der Waals surface area (Å²) in [5.74, 6) is 1.42. The van der Waals surface area contributed by atoms with Crippen molar-refractivity contribution in [2.24, 2.45) is 0 Å². The number of nitrogens with one attached hydrogen (secondary N) is 1. The molecule has 0 aromatic carbocycles. The number of ether oxygens (including phenoxy) is 1. The summed E-state index contributed by atoms with van der Waals surface area (Å²) in [5.41, 5.74) is 2.56. The average molecular weight is 339 g/mol. The first-order valence-electron chi connectivity index (χ1n) is 8.52. The summed E-state index contributed by atoms with van der Waals surface area (Å²) in [6.07, 6.45) is 8.64. The number of aliphatic hydroxyl groups is 1. The molecule has 3 aromatic heterocycles. The Bertz CT molecular complexity index is 857. The molecule has 0 saturated heterocycles. The number of pyridine rings is 1. The molecule has 3 aromatic rings. The van der Waals surface area contributed by atoms with E-state index in [0.29, 0.717) is 17.4 Å². The molecule has 1 aliphatic rings. The minimum Gasteiger partial charge on any atom is -0.493 e. The summed E-state index contributed by atoms with van der Waals surface area (Å²) < 4.78 is 7.31. The Morgan fingerprint density at radius 1 is 1.20 bits per heavy atom. The lowest BCUT2D eigenvalue weighted by Crippen LogP contribution is -2.28. The molecule has 3 heterocycles. The molecule has 2 N–H and O–H groups in total. The number of aromatic nitrogens is 4. The molecular weight excluding hydrogens is 318 g/mol. The van der Waals surface area contributed by atoms with E-state index in [1.54, 1.807) is 30.2 Å². The Morgan fingerprint density at radius 2 is 1.96 bits per heavy atom. The maximum Gasteiger partial charge on any atom is 0.197 e. The Hall–Kier alpha value is -2.67. The van der Waals surface area contributed by atoms with Gasteiger partial charge >= 0.3 is 0 Å². The van der Waals surface area contributed by atoms with Crippen LogP contribution in [-0.4, -0.2) is 43.9 Å². The van der Waals surface area contributed by atoms with Crippen molar-refractivity contribution in [2.45, 2.75) is 37.8 Å². The predicted molar refractivity (Wildman–Crippen MR) is 94.7 cm³/mol. The average Bonchev–Trinajstić information content (AvgIpc) is 3.07. The summed E-state index contributed by atoms with van der Waals surface area (Å²) in [7, 11) is 1.64. The standard InChI is InChI=1S/C18H21N5O2/c1-25-16-10-17(21-13-2-4-14(24)5-3-13)22-23-15(11-20-18(16)23)12-6-8-19-9-7-12/h6-11,13-14,24H,2-5H2,1H3,(H,21,22). The summed E-state index contributed by atoms with van der Waals surface area (Å²) in [6, 6.07) is 6.05. The van der Waals surface area contributed by atoms with Crippen LogP contribution < -0.4 is 10.1 Å². The monoisotopic (exact) mass is 339 g/mol. The van der Waals surface area contributed by atoms with Gasteiger partial charge in [-0.1, -0.05) is 0 Å². The number of rotatable bonds is 4. The van der Waals surface area contributed by atoms with E-state index >= 15 is 0 Å². The van der Waals surface area contributed by atoms with Gasteiger partial charge in [0.2, 0.25) is 0 Å². The zero-order chi connectivity index (χ0) is 17.2. The first-order valence-corrected chi connectivity index (χ1v) is 8.52. The summed E-state index contributed by atoms with van der Waals surface area (Å²) in [5, 5.41) is 17.9. The molecule has 0 bridgehead atoms. The van der Waals surface area contributed by atoms with Crippen LogP contribution in [0.5, 0.6) is 5.75 Å². The molecule has 0 spiro atoms. The highest BCUT2D eigenvalue weighted by Gasteiger charge is 2.21. The zero-order valence-electron chi connectivity index (χ0n) is 14.1. The summed E-state index contributed by atoms with van der Waals surface area (Å²) in [6.45, 7) is 0. The Morgan fingerprint density at radius 3 is 2.68 bits per heavy atom. The minimum absolute atomic E-state index is 0.171. The molecule has 7 heteroatoms. The van der Waals surface area contributed by atoms with Gasteiger partial charge in [-0.3, -0.25) is 4.98 Å². The normalized spacial score (nSPS) is 20.6. The number of aliphatic hydroxyl groups excluding tert-OH is 1. The van der Waals surface area contributed by atoms with Gasteiger partial charge in [-0.05, 0) is 37.8 Å². The third-order valence-corrected chi connectivity index (χ3v) is 4.68. The smallest absolute Gasteiger partial charge is 0.197 e. The SMILES string of the molecule is COc1cc(NC2CCC(O)CC2)nn2c(-c3ccncc3)cnc12. The number of fused-ring (bicyclic) bond motifs is 1. The number of nitrogens with zero attached hydrogens (tertiary/aromatic N) is 4. The van der Waals surface area contributed by atoms with E-state index in [2.05, 4.69) is 15.3 Å². The molecule has 0 atom stereocenters. The lowest BCUT2D eigenvalue weighted by molar-refractivity contribution is 0.126. The van der Waals surface area contributed by atoms with Crippen molar-refractivity contribution in [3.63, 3.8) is 0 Å². The van der Waals surface area contributed by atoms with E-state index in [0.717, 1.165) is 42.8 Å². The van der Waals surface area contributed by atoms with E-state index in [1.807, 2.05) is 18.2 Å². The van der Waals surface area contributed by atoms with Crippen molar-refractivity contribution in [3.05, 3.63) is 36.8 Å². The van der Waals surface area contributed by atoms with Crippen LogP contribution in [0.3, 0.4) is 0 Å². The van der Waals surface area contributed by atoms with Gasteiger partial charge in [-0.15, -0.1) is 5.10 Å². The van der Waals surface area contributed by atoms with Gasteiger partial charge in [-0.2, -0.15) is 0 Å². The highest BCUT2D eigenvalue weighted by molar-refractivity contribution is 5.67. The molecule has 1 aliphatic carbocycles. The topological polar surface area (TPSA) is 84.6 Å². The van der Waals surface area contributed by atoms with Crippen molar-refractivity contribution >= 4 is 11.5 Å². The number of anilines is 1. The van der Waals surface area contributed by atoms with Crippen molar-refractivity contribution in [1.82, 2.24) is 19.6 Å². The van der Waals surface area contributed by atoms with Crippen LogP contribution in [0.15, 0.2) is 36.8 Å². The van der Waals surface area contributed by atoms with Gasteiger partial charge < -0.3 is 15.2 Å². The molecular formula is C18H21N5O2. The van der Waals surface area contributed by atoms with E-state index in [9.17, 15) is 5.11 Å². The Labute approximate surface area is 145 Å². The molecule has 0 aliphatic heterocycles. The number of hydrogen-bond acceptors (Lipinski definition) is 6. The maximum absolute atomic E-state index is 9.67. The number of hydrogen-bond donors (Lipinski definition) is 2. The largest absolute Gasteiger partial charge is 0.493 e. The lowest BCUT2D eigenvalue weighted by Gasteiger charge is -2.26. The van der Waals surface area contributed by atoms with E-state index < -0.39 is 0 Å². The second kappa shape index (κ2) is 6.68. The van der Waals surface area contributed by atoms with E-state index in [4.69, 9.17) is 9.84 Å². The fraction of sp³-hybridized carbons (Fsp3) is 0.389. The minimum atomic E-state index is -0.171. The number of imidazole rings is 1. The van der Waals surface area contributed by atoms with Gasteiger partial charge in [0.05, 0.1) is 25.1 Å². The van der Waals surface area contributed by atoms with Gasteiger partial charge in [0.1, 0.15) is 0 Å². The van der Waals surface area contributed by atoms with Crippen molar-refractivity contribution in [2.75, 3.05) is 12.4 Å². The van der Waals surface area contributed by atoms with E-state index in [1.165, 1.54) is 0 Å². The molecule has 25 heavy (non-hydrogen) atoms. The first-order chi connectivity index (χ1) is 12.2. The van der Waals surface area contributed by atoms with E-state index in [-0.39, 0.29) is 6.10 Å². The zero-order valence-corrected chi connectivity index (χ0v) is 14.1. The van der Waals surface area contributed by atoms with Gasteiger partial charge in [0.25, 0.3) is 0 Å². The molecule has 1 fully saturated rings. The van der Waals surface area contributed by atoms with Crippen LogP contribution in [0.4, 0.5) is 5.82 Å². The highest BCUT2D eigenvalue weighted by Crippen LogP contribution is 2.28. The van der Waals surface area contributed by atoms with Gasteiger partial charge in [0, 0.05) is 30.1 Å². The Kier molecular flexibility index (Phi) is 4.23. The van der Waals surface area contributed by atoms with Crippen LogP contribution in [0.1, 0.15) is 25.7 Å². The van der Waals surface area contributed by atoms with Gasteiger partial charge in [0.15, 0.2) is 17.2 Å². The summed E-state index contributed by atoms with van der Waals surface area (Å²) >= 11 is 0. The van der Waals surface area contributed by atoms with Crippen LogP contribution in [0, 0.1) is 0 Å². The van der Waals surface area contributed by atoms with Crippen LogP contribution in [-0.2, 0) is 0 Å². The van der Waals surface area contributed by atoms with Crippen LogP contribution >= 0.6 is 0 Å². The summed E-state index contributed by atoms with van der Waals surface area (Å²) in [4.78, 5) is 8.52. The quantitative estimate of drug-likeness (QED) is 0.760. The van der Waals surface area contributed by atoms with Gasteiger partial charge in [-0.25, -0.2) is 9.50 Å². The van der Waals surface area contributed by atoms with Crippen molar-refractivity contribution in [1.29, 1.82) is 0 Å². The third kappa shape index (κ3) is 3.15. The lowest BCUT2D eigenvalue weighted by atomic mass is 9.93. The molecule has 130 valence electrons. The molecule has 0 unspecified atom stereocenters. The fourth-order valence-corrected chi connectivity index (χ4v) is 3.31. The second-order valence-electron chi connectivity index (χ2n) is 6.36. The Balaban J connectivity index is 1.71. The predicted octanol–water partition coefficient (Wildman–Crippen LogP) is 2.52. The van der Waals surface area contributed by atoms with Crippen molar-refractivity contribution < 1.29 is 9.84 Å². The highest BCUT2D eigenvalue weighted by atomic mass is 16.5. The first kappa shape index (κ1) is 15.8. The van der Waals surface area contributed by atoms with Crippen LogP contribution in [0.25, 0.3) is 16.9 Å². The fourth-order valence-electron chi connectivity index (χ4n) is 3.31. The third-order valence-electron chi connectivity index (χ3n) is 4.68. The molecule has 0 radical (unpaired) electrons.